The molecule has 1 fully saturated rings. The fourth-order valence-electron chi connectivity index (χ4n) is 6.00. The number of benzene rings is 2. The van der Waals surface area contributed by atoms with Gasteiger partial charge in [0, 0.05) is 18.8 Å². The van der Waals surface area contributed by atoms with E-state index in [9.17, 15) is 19.2 Å². The van der Waals surface area contributed by atoms with E-state index >= 15 is 0 Å². The average molecular weight is 735 g/mol. The molecule has 0 N–H and O–H groups in total. The van der Waals surface area contributed by atoms with Crippen LogP contribution in [0, 0.1) is 5.92 Å². The lowest BCUT2D eigenvalue weighted by molar-refractivity contribution is -0.141. The van der Waals surface area contributed by atoms with Gasteiger partial charge in [0.1, 0.15) is 17.2 Å². The van der Waals surface area contributed by atoms with Gasteiger partial charge < -0.3 is 28.4 Å². The first-order valence-corrected chi connectivity index (χ1v) is 19.3. The average Bonchev–Trinajstić information content (AvgIpc) is 3.18. The Morgan fingerprint density at radius 1 is 0.528 bits per heavy atom. The number of esters is 4. The van der Waals surface area contributed by atoms with Crippen LogP contribution in [0.1, 0.15) is 120 Å². The van der Waals surface area contributed by atoms with Crippen molar-refractivity contribution < 1.29 is 47.6 Å². The minimum Gasteiger partial charge on any atom is -0.494 e. The summed E-state index contributed by atoms with van der Waals surface area (Å²) in [4.78, 5) is 47.5. The summed E-state index contributed by atoms with van der Waals surface area (Å²) in [5.41, 5.74) is 0.392. The predicted molar refractivity (Wildman–Crippen MR) is 203 cm³/mol. The summed E-state index contributed by atoms with van der Waals surface area (Å²) in [6.07, 6.45) is 19.6. The van der Waals surface area contributed by atoms with E-state index in [-0.39, 0.29) is 24.0 Å². The molecule has 0 unspecified atom stereocenters. The molecule has 0 aromatic heterocycles. The van der Waals surface area contributed by atoms with Gasteiger partial charge in [-0.3, -0.25) is 4.79 Å². The Balaban J connectivity index is 1.20. The molecule has 10 nitrogen and oxygen atoms in total. The second-order valence-electron chi connectivity index (χ2n) is 13.3. The lowest BCUT2D eigenvalue weighted by atomic mass is 9.87. The van der Waals surface area contributed by atoms with Gasteiger partial charge in [0.05, 0.1) is 37.4 Å². The molecule has 10 heteroatoms. The summed E-state index contributed by atoms with van der Waals surface area (Å²) in [6.45, 7) is 8.95. The van der Waals surface area contributed by atoms with E-state index in [1.54, 1.807) is 48.5 Å². The summed E-state index contributed by atoms with van der Waals surface area (Å²) >= 11 is 0. The standard InChI is InChI=1S/C43H58O10/c1-3-40(44)50-32-16-11-9-7-5-6-8-10-14-30-48-36-22-18-34(19-23-36)42(46)52-38-26-28-39(29-27-38)53-43(47)35-20-24-37(25-21-35)49-31-15-12-13-17-33-51-41(45)4-2/h3-4,20-21,24-29,34,36H,1-2,5-19,22-23,30-33H2. The molecule has 1 aliphatic carbocycles. The van der Waals surface area contributed by atoms with Gasteiger partial charge in [0.2, 0.25) is 0 Å². The quantitative estimate of drug-likeness (QED) is 0.0380. The Bertz CT molecular complexity index is 1380. The summed E-state index contributed by atoms with van der Waals surface area (Å²) < 4.78 is 33.0. The molecule has 1 aliphatic rings. The van der Waals surface area contributed by atoms with Crippen LogP contribution in [-0.4, -0.2) is 56.4 Å². The Morgan fingerprint density at radius 2 is 0.962 bits per heavy atom. The largest absolute Gasteiger partial charge is 0.494 e. The van der Waals surface area contributed by atoms with Crippen molar-refractivity contribution >= 4 is 23.9 Å². The van der Waals surface area contributed by atoms with Crippen LogP contribution in [-0.2, 0) is 28.6 Å². The Labute approximate surface area is 315 Å². The summed E-state index contributed by atoms with van der Waals surface area (Å²) in [5.74, 6) is -0.201. The molecule has 0 radical (unpaired) electrons. The van der Waals surface area contributed by atoms with Gasteiger partial charge >= 0.3 is 23.9 Å². The zero-order valence-corrected chi connectivity index (χ0v) is 31.3. The summed E-state index contributed by atoms with van der Waals surface area (Å²) in [5, 5.41) is 0. The van der Waals surface area contributed by atoms with Crippen molar-refractivity contribution in [1.29, 1.82) is 0 Å². The molecule has 0 spiro atoms. The maximum atomic E-state index is 12.8. The number of carbonyl (C=O) groups is 4. The van der Waals surface area contributed by atoms with E-state index in [4.69, 9.17) is 28.4 Å². The number of unbranched alkanes of at least 4 members (excludes halogenated alkanes) is 11. The lowest BCUT2D eigenvalue weighted by Gasteiger charge is -2.27. The van der Waals surface area contributed by atoms with Gasteiger partial charge in [0.25, 0.3) is 0 Å². The zero-order valence-electron chi connectivity index (χ0n) is 31.3. The van der Waals surface area contributed by atoms with Gasteiger partial charge in [-0.15, -0.1) is 0 Å². The molecule has 0 aliphatic heterocycles. The normalized spacial score (nSPS) is 15.2. The fraction of sp³-hybridized carbons (Fsp3) is 0.535. The van der Waals surface area contributed by atoms with Crippen molar-refractivity contribution in [3.05, 3.63) is 79.4 Å². The highest BCUT2D eigenvalue weighted by molar-refractivity contribution is 5.91. The van der Waals surface area contributed by atoms with Crippen LogP contribution in [0.2, 0.25) is 0 Å². The Kier molecular flexibility index (Phi) is 21.4. The van der Waals surface area contributed by atoms with Gasteiger partial charge in [-0.25, -0.2) is 14.4 Å². The third-order valence-corrected chi connectivity index (χ3v) is 9.12. The number of carbonyl (C=O) groups excluding carboxylic acids is 4. The van der Waals surface area contributed by atoms with Gasteiger partial charge in [-0.05, 0) is 113 Å². The molecule has 0 atom stereocenters. The number of rotatable bonds is 27. The van der Waals surface area contributed by atoms with Gasteiger partial charge in [-0.2, -0.15) is 0 Å². The monoisotopic (exact) mass is 734 g/mol. The number of ether oxygens (including phenoxy) is 6. The van der Waals surface area contributed by atoms with E-state index in [1.807, 2.05) is 0 Å². The molecule has 3 rings (SSSR count). The van der Waals surface area contributed by atoms with Crippen LogP contribution in [0.25, 0.3) is 0 Å². The SMILES string of the molecule is C=CC(=O)OCCCCCCCCCCCOC1CCC(C(=O)Oc2ccc(OC(=O)c3ccc(OCCCCCCOC(=O)C=C)cc3)cc2)CC1. The topological polar surface area (TPSA) is 124 Å². The molecule has 53 heavy (non-hydrogen) atoms. The molecule has 0 heterocycles. The first kappa shape index (κ1) is 43.0. The smallest absolute Gasteiger partial charge is 0.343 e. The maximum absolute atomic E-state index is 12.8. The first-order chi connectivity index (χ1) is 25.9. The second kappa shape index (κ2) is 26.3. The minimum atomic E-state index is -0.497. The molecular formula is C43H58O10. The van der Waals surface area contributed by atoms with Crippen LogP contribution < -0.4 is 14.2 Å². The third-order valence-electron chi connectivity index (χ3n) is 9.12. The highest BCUT2D eigenvalue weighted by Gasteiger charge is 2.28. The number of hydrogen-bond acceptors (Lipinski definition) is 10. The van der Waals surface area contributed by atoms with Crippen LogP contribution in [0.4, 0.5) is 0 Å². The van der Waals surface area contributed by atoms with E-state index in [2.05, 4.69) is 13.2 Å². The van der Waals surface area contributed by atoms with E-state index in [0.717, 1.165) is 83.3 Å². The van der Waals surface area contributed by atoms with E-state index in [0.29, 0.717) is 42.6 Å². The third kappa shape index (κ3) is 18.8. The highest BCUT2D eigenvalue weighted by atomic mass is 16.5. The van der Waals surface area contributed by atoms with Crippen molar-refractivity contribution in [3.63, 3.8) is 0 Å². The summed E-state index contributed by atoms with van der Waals surface area (Å²) in [7, 11) is 0. The fourth-order valence-corrected chi connectivity index (χ4v) is 6.00. The van der Waals surface area contributed by atoms with Crippen LogP contribution in [0.3, 0.4) is 0 Å². The Hall–Kier alpha value is -4.44. The van der Waals surface area contributed by atoms with Crippen molar-refractivity contribution in [2.75, 3.05) is 26.4 Å². The second-order valence-corrected chi connectivity index (χ2v) is 13.3. The van der Waals surface area contributed by atoms with Gasteiger partial charge in [0.15, 0.2) is 0 Å². The van der Waals surface area contributed by atoms with E-state index < -0.39 is 11.9 Å². The molecule has 0 amide bonds. The van der Waals surface area contributed by atoms with Gasteiger partial charge in [-0.1, -0.05) is 58.1 Å². The van der Waals surface area contributed by atoms with Crippen LogP contribution in [0.15, 0.2) is 73.8 Å². The maximum Gasteiger partial charge on any atom is 0.343 e. The molecule has 2 aromatic rings. The van der Waals surface area contributed by atoms with Crippen LogP contribution in [0.5, 0.6) is 17.2 Å². The van der Waals surface area contributed by atoms with Crippen molar-refractivity contribution in [1.82, 2.24) is 0 Å². The first-order valence-electron chi connectivity index (χ1n) is 19.3. The number of hydrogen-bond donors (Lipinski definition) is 0. The predicted octanol–water partition coefficient (Wildman–Crippen LogP) is 9.30. The van der Waals surface area contributed by atoms with Crippen molar-refractivity contribution in [2.24, 2.45) is 5.92 Å². The highest BCUT2D eigenvalue weighted by Crippen LogP contribution is 2.29. The molecule has 2 aromatic carbocycles. The molecule has 1 saturated carbocycles. The molecule has 0 bridgehead atoms. The van der Waals surface area contributed by atoms with E-state index in [1.165, 1.54) is 44.6 Å². The molecule has 0 saturated heterocycles. The minimum absolute atomic E-state index is 0.151. The lowest BCUT2D eigenvalue weighted by Crippen LogP contribution is -2.29. The van der Waals surface area contributed by atoms with Crippen molar-refractivity contribution in [2.45, 2.75) is 115 Å². The molecule has 290 valence electrons. The Morgan fingerprint density at radius 3 is 1.47 bits per heavy atom. The van der Waals surface area contributed by atoms with Crippen molar-refractivity contribution in [3.8, 4) is 17.2 Å². The molecular weight excluding hydrogens is 676 g/mol. The summed E-state index contributed by atoms with van der Waals surface area (Å²) in [6, 6.07) is 13.3. The zero-order chi connectivity index (χ0) is 37.9. The van der Waals surface area contributed by atoms with Crippen LogP contribution >= 0.6 is 0 Å².